The first-order chi connectivity index (χ1) is 16.0. The molecule has 0 unspecified atom stereocenters. The highest BCUT2D eigenvalue weighted by Gasteiger charge is 2.35. The van der Waals surface area contributed by atoms with Gasteiger partial charge in [0.25, 0.3) is 17.1 Å². The van der Waals surface area contributed by atoms with Crippen LogP contribution in [0.25, 0.3) is 6.08 Å². The number of hydrogen-bond donors (Lipinski definition) is 1. The van der Waals surface area contributed by atoms with Gasteiger partial charge in [-0.05, 0) is 65.2 Å². The molecule has 1 aliphatic heterocycles. The average Bonchev–Trinajstić information content (AvgIpc) is 3.07. The standard InChI is InChI=1S/C26H21FN2O3S/c27-22-8-4-7-20(15-22)17-29-25(31)23(33-26(29)32)16-19-9-11-21(12-10-19)24(30)28-14-13-18-5-2-1-3-6-18/h1-12,15-16H,13-14,17H2,(H,28,30). The third-order valence-corrected chi connectivity index (χ3v) is 6.02. The molecule has 0 bridgehead atoms. The van der Waals surface area contributed by atoms with E-state index in [0.717, 1.165) is 28.6 Å². The van der Waals surface area contributed by atoms with E-state index < -0.39 is 17.0 Å². The van der Waals surface area contributed by atoms with Crippen molar-refractivity contribution in [2.45, 2.75) is 13.0 Å². The molecule has 3 aromatic rings. The number of carbonyl (C=O) groups excluding carboxylic acids is 3. The molecule has 0 aliphatic carbocycles. The van der Waals surface area contributed by atoms with Crippen LogP contribution in [0.15, 0.2) is 83.8 Å². The van der Waals surface area contributed by atoms with Crippen LogP contribution in [0.3, 0.4) is 0 Å². The van der Waals surface area contributed by atoms with Crippen molar-refractivity contribution < 1.29 is 18.8 Å². The van der Waals surface area contributed by atoms with Crippen LogP contribution in [-0.4, -0.2) is 28.5 Å². The molecular formula is C26H21FN2O3S. The number of hydrogen-bond acceptors (Lipinski definition) is 4. The maximum Gasteiger partial charge on any atom is 0.293 e. The van der Waals surface area contributed by atoms with Gasteiger partial charge in [0.15, 0.2) is 0 Å². The van der Waals surface area contributed by atoms with Crippen LogP contribution < -0.4 is 5.32 Å². The minimum atomic E-state index is -0.419. The molecule has 3 amide bonds. The van der Waals surface area contributed by atoms with Crippen molar-refractivity contribution in [2.75, 3.05) is 6.54 Å². The van der Waals surface area contributed by atoms with Crippen molar-refractivity contribution in [3.8, 4) is 0 Å². The number of nitrogens with zero attached hydrogens (tertiary/aromatic N) is 1. The van der Waals surface area contributed by atoms with E-state index in [0.29, 0.717) is 23.2 Å². The normalized spacial score (nSPS) is 14.7. The first-order valence-corrected chi connectivity index (χ1v) is 11.2. The molecule has 33 heavy (non-hydrogen) atoms. The van der Waals surface area contributed by atoms with Crippen molar-refractivity contribution in [2.24, 2.45) is 0 Å². The second kappa shape index (κ2) is 10.3. The Hall–Kier alpha value is -3.71. The molecule has 5 nitrogen and oxygen atoms in total. The van der Waals surface area contributed by atoms with E-state index in [1.807, 2.05) is 30.3 Å². The summed E-state index contributed by atoms with van der Waals surface area (Å²) >= 11 is 0.845. The van der Waals surface area contributed by atoms with E-state index in [1.54, 1.807) is 42.5 Å². The largest absolute Gasteiger partial charge is 0.352 e. The number of thioether (sulfide) groups is 1. The molecule has 0 aromatic heterocycles. The maximum absolute atomic E-state index is 13.4. The van der Waals surface area contributed by atoms with Crippen molar-refractivity contribution in [1.29, 1.82) is 0 Å². The molecule has 0 atom stereocenters. The zero-order chi connectivity index (χ0) is 23.2. The number of halogens is 1. The summed E-state index contributed by atoms with van der Waals surface area (Å²) in [6.45, 7) is 0.547. The van der Waals surface area contributed by atoms with Crippen LogP contribution in [0.1, 0.15) is 27.0 Å². The fourth-order valence-electron chi connectivity index (χ4n) is 3.40. The van der Waals surface area contributed by atoms with E-state index in [4.69, 9.17) is 0 Å². The summed E-state index contributed by atoms with van der Waals surface area (Å²) in [6, 6.07) is 22.5. The molecule has 0 spiro atoms. The Morgan fingerprint density at radius 3 is 2.39 bits per heavy atom. The summed E-state index contributed by atoms with van der Waals surface area (Å²) in [7, 11) is 0. The van der Waals surface area contributed by atoms with Gasteiger partial charge in [-0.1, -0.05) is 54.6 Å². The number of imide groups is 1. The SMILES string of the molecule is O=C(NCCc1ccccc1)c1ccc(C=C2SC(=O)N(Cc3cccc(F)c3)C2=O)cc1. The summed E-state index contributed by atoms with van der Waals surface area (Å²) in [4.78, 5) is 38.7. The van der Waals surface area contributed by atoms with Crippen LogP contribution in [-0.2, 0) is 17.8 Å². The lowest BCUT2D eigenvalue weighted by atomic mass is 10.1. The summed E-state index contributed by atoms with van der Waals surface area (Å²) < 4.78 is 13.4. The topological polar surface area (TPSA) is 66.5 Å². The Kier molecular flexibility index (Phi) is 7.00. The summed E-state index contributed by atoms with van der Waals surface area (Å²) in [6.07, 6.45) is 2.36. The molecule has 1 fully saturated rings. The van der Waals surface area contributed by atoms with Gasteiger partial charge in [0.2, 0.25) is 0 Å². The van der Waals surface area contributed by atoms with Gasteiger partial charge in [-0.25, -0.2) is 4.39 Å². The molecule has 166 valence electrons. The lowest BCUT2D eigenvalue weighted by molar-refractivity contribution is -0.123. The van der Waals surface area contributed by atoms with Gasteiger partial charge >= 0.3 is 0 Å². The number of rotatable bonds is 7. The predicted molar refractivity (Wildman–Crippen MR) is 127 cm³/mol. The van der Waals surface area contributed by atoms with Gasteiger partial charge in [-0.15, -0.1) is 0 Å². The fourth-order valence-corrected chi connectivity index (χ4v) is 4.24. The van der Waals surface area contributed by atoms with E-state index in [9.17, 15) is 18.8 Å². The highest BCUT2D eigenvalue weighted by molar-refractivity contribution is 8.18. The second-order valence-corrected chi connectivity index (χ2v) is 8.50. The van der Waals surface area contributed by atoms with Crippen LogP contribution in [0.5, 0.6) is 0 Å². The molecule has 1 N–H and O–H groups in total. The number of amides is 3. The first-order valence-electron chi connectivity index (χ1n) is 10.4. The quantitative estimate of drug-likeness (QED) is 0.502. The average molecular weight is 461 g/mol. The van der Waals surface area contributed by atoms with Crippen LogP contribution in [0.2, 0.25) is 0 Å². The molecule has 0 radical (unpaired) electrons. The highest BCUT2D eigenvalue weighted by Crippen LogP contribution is 2.33. The third kappa shape index (κ3) is 5.75. The van der Waals surface area contributed by atoms with E-state index in [-0.39, 0.29) is 17.4 Å². The molecule has 7 heteroatoms. The third-order valence-electron chi connectivity index (χ3n) is 5.12. The van der Waals surface area contributed by atoms with Gasteiger partial charge in [0.1, 0.15) is 5.82 Å². The molecule has 1 heterocycles. The summed E-state index contributed by atoms with van der Waals surface area (Å²) in [5.74, 6) is -1.01. The Labute approximate surface area is 195 Å². The van der Waals surface area contributed by atoms with Gasteiger partial charge < -0.3 is 5.32 Å². The lowest BCUT2D eigenvalue weighted by Gasteiger charge is -2.12. The van der Waals surface area contributed by atoms with E-state index in [1.165, 1.54) is 12.1 Å². The molecule has 1 saturated heterocycles. The molecule has 4 rings (SSSR count). The fraction of sp³-hybridized carbons (Fsp3) is 0.115. The molecular weight excluding hydrogens is 439 g/mol. The van der Waals surface area contributed by atoms with Crippen LogP contribution in [0, 0.1) is 5.82 Å². The summed E-state index contributed by atoms with van der Waals surface area (Å²) in [5.41, 5.74) is 2.91. The number of benzene rings is 3. The van der Waals surface area contributed by atoms with Gasteiger partial charge in [0.05, 0.1) is 11.4 Å². The lowest BCUT2D eigenvalue weighted by Crippen LogP contribution is -2.27. The Morgan fingerprint density at radius 2 is 1.67 bits per heavy atom. The maximum atomic E-state index is 13.4. The number of carbonyl (C=O) groups is 3. The van der Waals surface area contributed by atoms with Crippen molar-refractivity contribution in [3.63, 3.8) is 0 Å². The Bertz CT molecular complexity index is 1210. The minimum absolute atomic E-state index is 0.0157. The van der Waals surface area contributed by atoms with Crippen molar-refractivity contribution in [3.05, 3.63) is 112 Å². The zero-order valence-corrected chi connectivity index (χ0v) is 18.5. The van der Waals surface area contributed by atoms with E-state index >= 15 is 0 Å². The molecule has 3 aromatic carbocycles. The minimum Gasteiger partial charge on any atom is -0.352 e. The van der Waals surface area contributed by atoms with Crippen LogP contribution >= 0.6 is 11.8 Å². The second-order valence-electron chi connectivity index (χ2n) is 7.51. The summed E-state index contributed by atoms with van der Waals surface area (Å²) in [5, 5.41) is 2.50. The predicted octanol–water partition coefficient (Wildman–Crippen LogP) is 5.03. The van der Waals surface area contributed by atoms with Crippen molar-refractivity contribution in [1.82, 2.24) is 10.2 Å². The molecule has 0 saturated carbocycles. The van der Waals surface area contributed by atoms with E-state index in [2.05, 4.69) is 5.32 Å². The molecule has 1 aliphatic rings. The number of nitrogens with one attached hydrogen (secondary N) is 1. The Balaban J connectivity index is 1.36. The van der Waals surface area contributed by atoms with Gasteiger partial charge in [-0.3, -0.25) is 19.3 Å². The zero-order valence-electron chi connectivity index (χ0n) is 17.7. The Morgan fingerprint density at radius 1 is 0.939 bits per heavy atom. The van der Waals surface area contributed by atoms with Gasteiger partial charge in [0, 0.05) is 12.1 Å². The highest BCUT2D eigenvalue weighted by atomic mass is 32.2. The smallest absolute Gasteiger partial charge is 0.293 e. The van der Waals surface area contributed by atoms with Crippen LogP contribution in [0.4, 0.5) is 9.18 Å². The monoisotopic (exact) mass is 460 g/mol. The van der Waals surface area contributed by atoms with Gasteiger partial charge in [-0.2, -0.15) is 0 Å². The first kappa shape index (κ1) is 22.5. The van der Waals surface area contributed by atoms with Crippen molar-refractivity contribution >= 4 is 34.9 Å².